The Kier molecular flexibility index (Phi) is 6.20. The van der Waals surface area contributed by atoms with Crippen molar-refractivity contribution in [2.45, 2.75) is 43.4 Å². The number of benzene rings is 2. The SMILES string of the molecule is COC(c1ccccc1)(c1ccccc1)[C@H]1CCCN1C(=O)N(O)[C@H]1CC=CC(=O)C1. The summed E-state index contributed by atoms with van der Waals surface area (Å²) in [4.78, 5) is 26.9. The van der Waals surface area contributed by atoms with Gasteiger partial charge in [0, 0.05) is 20.1 Å². The second kappa shape index (κ2) is 9.04. The second-order valence-electron chi connectivity index (χ2n) is 8.11. The zero-order chi connectivity index (χ0) is 21.8. The Bertz CT molecular complexity index is 905. The zero-order valence-electron chi connectivity index (χ0n) is 17.7. The Morgan fingerprint density at radius 3 is 2.26 bits per heavy atom. The number of nitrogens with zero attached hydrogens (tertiary/aromatic N) is 2. The molecule has 2 aromatic carbocycles. The number of carbonyl (C=O) groups is 2. The maximum absolute atomic E-state index is 13.4. The molecule has 0 saturated carbocycles. The van der Waals surface area contributed by atoms with Crippen LogP contribution in [0.15, 0.2) is 72.8 Å². The zero-order valence-corrected chi connectivity index (χ0v) is 17.7. The molecule has 1 heterocycles. The third-order valence-corrected chi connectivity index (χ3v) is 6.39. The quantitative estimate of drug-likeness (QED) is 0.583. The van der Waals surface area contributed by atoms with Gasteiger partial charge in [-0.3, -0.25) is 10.0 Å². The lowest BCUT2D eigenvalue weighted by atomic mass is 9.78. The van der Waals surface area contributed by atoms with Crippen molar-refractivity contribution in [1.29, 1.82) is 0 Å². The van der Waals surface area contributed by atoms with Crippen LogP contribution in [0.5, 0.6) is 0 Å². The first-order valence-electron chi connectivity index (χ1n) is 10.7. The highest BCUT2D eigenvalue weighted by molar-refractivity contribution is 5.91. The summed E-state index contributed by atoms with van der Waals surface area (Å²) in [6.45, 7) is 0.516. The molecule has 0 unspecified atom stereocenters. The summed E-state index contributed by atoms with van der Waals surface area (Å²) >= 11 is 0. The van der Waals surface area contributed by atoms with Crippen molar-refractivity contribution in [3.05, 3.63) is 83.9 Å². The lowest BCUT2D eigenvalue weighted by molar-refractivity contribution is -0.125. The van der Waals surface area contributed by atoms with Crippen LogP contribution in [-0.4, -0.2) is 52.7 Å². The summed E-state index contributed by atoms with van der Waals surface area (Å²) in [5, 5.41) is 11.5. The number of likely N-dealkylation sites (tertiary alicyclic amines) is 1. The molecule has 162 valence electrons. The van der Waals surface area contributed by atoms with Gasteiger partial charge in [0.25, 0.3) is 0 Å². The second-order valence-corrected chi connectivity index (χ2v) is 8.11. The molecule has 6 heteroatoms. The summed E-state index contributed by atoms with van der Waals surface area (Å²) in [6.07, 6.45) is 5.35. The third-order valence-electron chi connectivity index (χ3n) is 6.39. The van der Waals surface area contributed by atoms with E-state index in [0.29, 0.717) is 13.0 Å². The van der Waals surface area contributed by atoms with E-state index >= 15 is 0 Å². The van der Waals surface area contributed by atoms with E-state index in [1.54, 1.807) is 18.1 Å². The van der Waals surface area contributed by atoms with Crippen molar-refractivity contribution in [3.63, 3.8) is 0 Å². The van der Waals surface area contributed by atoms with Gasteiger partial charge in [-0.15, -0.1) is 0 Å². The summed E-state index contributed by atoms with van der Waals surface area (Å²) in [6, 6.07) is 18.5. The lowest BCUT2D eigenvalue weighted by Gasteiger charge is -2.44. The monoisotopic (exact) mass is 420 g/mol. The average Bonchev–Trinajstić information content (AvgIpc) is 3.31. The standard InChI is InChI=1S/C25H28N2O4/c1-31-25(19-10-4-2-5-11-19,20-12-6-3-7-13-20)23-16-9-17-26(23)24(29)27(30)21-14-8-15-22(28)18-21/h2-8,10-13,15,21,23,30H,9,14,16-18H2,1H3/t21-,23+/m0/s1. The van der Waals surface area contributed by atoms with Gasteiger partial charge in [0.15, 0.2) is 5.78 Å². The van der Waals surface area contributed by atoms with E-state index in [9.17, 15) is 14.8 Å². The minimum absolute atomic E-state index is 0.0825. The number of methoxy groups -OCH3 is 1. The molecule has 1 aliphatic carbocycles. The fourth-order valence-electron chi connectivity index (χ4n) is 4.93. The van der Waals surface area contributed by atoms with Crippen molar-refractivity contribution in [2.24, 2.45) is 0 Å². The predicted octanol–water partition coefficient (Wildman–Crippen LogP) is 4.14. The summed E-state index contributed by atoms with van der Waals surface area (Å²) in [5.41, 5.74) is 1.03. The number of hydrogen-bond acceptors (Lipinski definition) is 4. The largest absolute Gasteiger partial charge is 0.367 e. The highest BCUT2D eigenvalue weighted by atomic mass is 16.5. The number of ether oxygens (including phenoxy) is 1. The molecule has 0 radical (unpaired) electrons. The van der Waals surface area contributed by atoms with Crippen molar-refractivity contribution in [1.82, 2.24) is 9.96 Å². The van der Waals surface area contributed by atoms with Crippen molar-refractivity contribution < 1.29 is 19.5 Å². The number of rotatable bonds is 5. The number of hydroxylamine groups is 2. The molecule has 1 fully saturated rings. The fourth-order valence-corrected chi connectivity index (χ4v) is 4.93. The van der Waals surface area contributed by atoms with Gasteiger partial charge < -0.3 is 9.64 Å². The van der Waals surface area contributed by atoms with Gasteiger partial charge >= 0.3 is 6.03 Å². The van der Waals surface area contributed by atoms with E-state index in [1.165, 1.54) is 6.08 Å². The van der Waals surface area contributed by atoms with E-state index in [1.807, 2.05) is 60.7 Å². The number of hydrogen-bond donors (Lipinski definition) is 1. The molecule has 0 spiro atoms. The van der Waals surface area contributed by atoms with E-state index < -0.39 is 17.7 Å². The number of carbonyl (C=O) groups excluding carboxylic acids is 2. The number of allylic oxidation sites excluding steroid dienone is 1. The summed E-state index contributed by atoms with van der Waals surface area (Å²) in [7, 11) is 1.67. The Morgan fingerprint density at radius 2 is 1.71 bits per heavy atom. The molecule has 1 N–H and O–H groups in total. The molecular formula is C25H28N2O4. The lowest BCUT2D eigenvalue weighted by Crippen LogP contribution is -2.56. The Labute approximate surface area is 182 Å². The maximum atomic E-state index is 13.4. The van der Waals surface area contributed by atoms with Crippen LogP contribution in [0, 0.1) is 0 Å². The van der Waals surface area contributed by atoms with Gasteiger partial charge in [-0.25, -0.2) is 9.86 Å². The van der Waals surface area contributed by atoms with Crippen molar-refractivity contribution in [3.8, 4) is 0 Å². The molecule has 2 amide bonds. The van der Waals surface area contributed by atoms with Crippen LogP contribution >= 0.6 is 0 Å². The van der Waals surface area contributed by atoms with Gasteiger partial charge in [0.2, 0.25) is 0 Å². The third kappa shape index (κ3) is 3.89. The van der Waals surface area contributed by atoms with Gasteiger partial charge in [-0.05, 0) is 36.5 Å². The van der Waals surface area contributed by atoms with Crippen molar-refractivity contribution >= 4 is 11.8 Å². The van der Waals surface area contributed by atoms with Crippen molar-refractivity contribution in [2.75, 3.05) is 13.7 Å². The Balaban J connectivity index is 1.72. The maximum Gasteiger partial charge on any atom is 0.344 e. The van der Waals surface area contributed by atoms with Crippen LogP contribution in [0.3, 0.4) is 0 Å². The van der Waals surface area contributed by atoms with Crippen LogP contribution in [0.4, 0.5) is 4.79 Å². The molecule has 1 aliphatic heterocycles. The summed E-state index contributed by atoms with van der Waals surface area (Å²) in [5.74, 6) is -0.0825. The molecule has 2 aliphatic rings. The first-order chi connectivity index (χ1) is 15.1. The fraction of sp³-hybridized carbons (Fsp3) is 0.360. The van der Waals surface area contributed by atoms with E-state index in [-0.39, 0.29) is 18.2 Å². The molecule has 0 aromatic heterocycles. The minimum Gasteiger partial charge on any atom is -0.367 e. The molecule has 4 rings (SSSR count). The molecule has 6 nitrogen and oxygen atoms in total. The average molecular weight is 421 g/mol. The molecule has 2 atom stereocenters. The Hall–Kier alpha value is -2.96. The van der Waals surface area contributed by atoms with E-state index in [4.69, 9.17) is 4.74 Å². The highest BCUT2D eigenvalue weighted by Gasteiger charge is 2.50. The topological polar surface area (TPSA) is 70.1 Å². The number of urea groups is 1. The van der Waals surface area contributed by atoms with Crippen LogP contribution in [0.25, 0.3) is 0 Å². The number of ketones is 1. The molecular weight excluding hydrogens is 392 g/mol. The minimum atomic E-state index is -0.877. The van der Waals surface area contributed by atoms with E-state index in [0.717, 1.165) is 29.0 Å². The Morgan fingerprint density at radius 1 is 1.10 bits per heavy atom. The predicted molar refractivity (Wildman–Crippen MR) is 117 cm³/mol. The van der Waals surface area contributed by atoms with Gasteiger partial charge in [0.1, 0.15) is 5.60 Å². The first-order valence-corrected chi connectivity index (χ1v) is 10.7. The molecule has 2 aromatic rings. The normalized spacial score (nSPS) is 21.4. The summed E-state index contributed by atoms with van der Waals surface area (Å²) < 4.78 is 6.26. The number of amides is 2. The smallest absolute Gasteiger partial charge is 0.344 e. The first kappa shape index (κ1) is 21.3. The van der Waals surface area contributed by atoms with Crippen LogP contribution in [0.1, 0.15) is 36.8 Å². The molecule has 1 saturated heterocycles. The van der Waals surface area contributed by atoms with E-state index in [2.05, 4.69) is 0 Å². The molecule has 31 heavy (non-hydrogen) atoms. The van der Waals surface area contributed by atoms with Gasteiger partial charge in [-0.2, -0.15) is 0 Å². The molecule has 0 bridgehead atoms. The van der Waals surface area contributed by atoms with Crippen LogP contribution in [-0.2, 0) is 15.1 Å². The van der Waals surface area contributed by atoms with Crippen LogP contribution in [0.2, 0.25) is 0 Å². The van der Waals surface area contributed by atoms with Gasteiger partial charge in [0.05, 0.1) is 12.1 Å². The van der Waals surface area contributed by atoms with Crippen LogP contribution < -0.4 is 0 Å². The van der Waals surface area contributed by atoms with Gasteiger partial charge in [-0.1, -0.05) is 66.7 Å². The highest BCUT2D eigenvalue weighted by Crippen LogP contribution is 2.43.